The van der Waals surface area contributed by atoms with Crippen LogP contribution in [0.5, 0.6) is 5.75 Å². The Balaban J connectivity index is 1.51. The quantitative estimate of drug-likeness (QED) is 0.532. The molecule has 9 nitrogen and oxygen atoms in total. The number of thiazole rings is 1. The number of anilines is 2. The van der Waals surface area contributed by atoms with Gasteiger partial charge in [0.05, 0.1) is 24.5 Å². The molecule has 0 bridgehead atoms. The third-order valence-electron chi connectivity index (χ3n) is 5.03. The third kappa shape index (κ3) is 3.25. The summed E-state index contributed by atoms with van der Waals surface area (Å²) in [7, 11) is 1.61. The average molecular weight is 409 g/mol. The van der Waals surface area contributed by atoms with E-state index in [9.17, 15) is 4.79 Å². The van der Waals surface area contributed by atoms with Crippen molar-refractivity contribution in [1.29, 1.82) is 0 Å². The van der Waals surface area contributed by atoms with E-state index in [1.807, 2.05) is 17.0 Å². The molecule has 4 aromatic rings. The van der Waals surface area contributed by atoms with Gasteiger partial charge in [0.2, 0.25) is 0 Å². The van der Waals surface area contributed by atoms with Gasteiger partial charge in [-0.2, -0.15) is 5.10 Å². The largest absolute Gasteiger partial charge is 0.494 e. The molecule has 1 aliphatic heterocycles. The summed E-state index contributed by atoms with van der Waals surface area (Å²) in [5, 5.41) is 11.7. The van der Waals surface area contributed by atoms with Crippen molar-refractivity contribution in [3.05, 3.63) is 29.7 Å². The number of likely N-dealkylation sites (tertiary alicyclic amines) is 1. The Labute approximate surface area is 170 Å². The van der Waals surface area contributed by atoms with Gasteiger partial charge in [-0.3, -0.25) is 9.89 Å². The number of fused-ring (bicyclic) bond motifs is 2. The number of methoxy groups -OCH3 is 1. The maximum Gasteiger partial charge on any atom is 0.282 e. The van der Waals surface area contributed by atoms with Gasteiger partial charge in [-0.15, -0.1) is 0 Å². The van der Waals surface area contributed by atoms with Crippen molar-refractivity contribution in [1.82, 2.24) is 30.0 Å². The fourth-order valence-corrected chi connectivity index (χ4v) is 4.41. The lowest BCUT2D eigenvalue weighted by Gasteiger charge is -2.25. The number of nitrogens with zero attached hydrogens (tertiary/aromatic N) is 5. The molecule has 148 valence electrons. The van der Waals surface area contributed by atoms with Crippen molar-refractivity contribution in [3.63, 3.8) is 0 Å². The number of carbonyl (C=O) groups is 1. The number of hydrogen-bond acceptors (Lipinski definition) is 8. The van der Waals surface area contributed by atoms with Gasteiger partial charge < -0.3 is 15.0 Å². The highest BCUT2D eigenvalue weighted by atomic mass is 32.1. The Morgan fingerprint density at radius 2 is 2.10 bits per heavy atom. The molecule has 0 saturated carbocycles. The lowest BCUT2D eigenvalue weighted by Crippen LogP contribution is -2.35. The number of benzene rings is 1. The summed E-state index contributed by atoms with van der Waals surface area (Å²) in [6, 6.07) is 3.80. The highest BCUT2D eigenvalue weighted by Gasteiger charge is 2.23. The van der Waals surface area contributed by atoms with E-state index >= 15 is 0 Å². The van der Waals surface area contributed by atoms with Crippen LogP contribution < -0.4 is 10.1 Å². The summed E-state index contributed by atoms with van der Waals surface area (Å²) in [6.45, 7) is 1.57. The summed E-state index contributed by atoms with van der Waals surface area (Å²) in [4.78, 5) is 28.6. The number of aromatic amines is 1. The first-order valence-corrected chi connectivity index (χ1v) is 10.2. The number of H-pyrrole nitrogens is 1. The van der Waals surface area contributed by atoms with Crippen LogP contribution in [0.2, 0.25) is 0 Å². The van der Waals surface area contributed by atoms with Gasteiger partial charge in [-0.05, 0) is 25.3 Å². The topological polar surface area (TPSA) is 109 Å². The van der Waals surface area contributed by atoms with E-state index < -0.39 is 0 Å². The fraction of sp³-hybridized carbons (Fsp3) is 0.316. The molecular weight excluding hydrogens is 390 g/mol. The molecule has 3 aromatic heterocycles. The summed E-state index contributed by atoms with van der Waals surface area (Å²) in [6.07, 6.45) is 6.47. The maximum atomic E-state index is 12.8. The van der Waals surface area contributed by atoms with Crippen LogP contribution in [0.3, 0.4) is 0 Å². The third-order valence-corrected chi connectivity index (χ3v) is 5.99. The zero-order chi connectivity index (χ0) is 19.8. The van der Waals surface area contributed by atoms with Crippen molar-refractivity contribution < 1.29 is 9.53 Å². The first kappa shape index (κ1) is 17.8. The Kier molecular flexibility index (Phi) is 4.47. The molecule has 0 unspecified atom stereocenters. The summed E-state index contributed by atoms with van der Waals surface area (Å²) in [5.74, 6) is 1.15. The van der Waals surface area contributed by atoms with Crippen LogP contribution in [0, 0.1) is 0 Å². The predicted octanol–water partition coefficient (Wildman–Crippen LogP) is 3.34. The molecule has 0 aliphatic carbocycles. The van der Waals surface area contributed by atoms with Gasteiger partial charge in [0.1, 0.15) is 22.4 Å². The van der Waals surface area contributed by atoms with E-state index in [-0.39, 0.29) is 5.91 Å². The van der Waals surface area contributed by atoms with E-state index in [1.54, 1.807) is 13.3 Å². The van der Waals surface area contributed by atoms with Crippen LogP contribution in [0.4, 0.5) is 11.5 Å². The minimum Gasteiger partial charge on any atom is -0.494 e. The number of nitrogens with one attached hydrogen (secondary N) is 2. The Morgan fingerprint density at radius 1 is 1.24 bits per heavy atom. The van der Waals surface area contributed by atoms with Crippen molar-refractivity contribution in [2.24, 2.45) is 0 Å². The van der Waals surface area contributed by atoms with Gasteiger partial charge in [-0.1, -0.05) is 11.3 Å². The smallest absolute Gasteiger partial charge is 0.282 e. The van der Waals surface area contributed by atoms with E-state index in [0.29, 0.717) is 26.9 Å². The lowest BCUT2D eigenvalue weighted by molar-refractivity contribution is 0.0724. The average Bonchev–Trinajstić information content (AvgIpc) is 3.40. The number of carbonyl (C=O) groups excluding carboxylic acids is 1. The summed E-state index contributed by atoms with van der Waals surface area (Å²) < 4.78 is 5.50. The highest BCUT2D eigenvalue weighted by Crippen LogP contribution is 2.34. The van der Waals surface area contributed by atoms with Crippen LogP contribution >= 0.6 is 11.3 Å². The number of rotatable bonds is 4. The van der Waals surface area contributed by atoms with Gasteiger partial charge in [0.25, 0.3) is 5.91 Å². The molecule has 5 rings (SSSR count). The Bertz CT molecular complexity index is 1200. The van der Waals surface area contributed by atoms with Crippen LogP contribution in [0.15, 0.2) is 24.7 Å². The Morgan fingerprint density at radius 3 is 2.93 bits per heavy atom. The maximum absolute atomic E-state index is 12.8. The standard InChI is InChI=1S/C19H19N7O2S/c1-28-14-8-12-11(9-22-25-12)7-13(14)23-16-15-17(21-10-20-16)29-18(24-15)19(27)26-5-3-2-4-6-26/h7-10H,2-6H2,1H3,(H,22,25)(H,20,21,23). The zero-order valence-electron chi connectivity index (χ0n) is 15.8. The molecule has 1 fully saturated rings. The molecule has 1 amide bonds. The molecule has 29 heavy (non-hydrogen) atoms. The number of piperidine rings is 1. The second kappa shape index (κ2) is 7.28. The molecule has 1 aliphatic rings. The zero-order valence-corrected chi connectivity index (χ0v) is 16.6. The second-order valence-corrected chi connectivity index (χ2v) is 7.86. The summed E-state index contributed by atoms with van der Waals surface area (Å²) >= 11 is 1.30. The molecule has 1 saturated heterocycles. The number of hydrogen-bond donors (Lipinski definition) is 2. The molecular formula is C19H19N7O2S. The second-order valence-electron chi connectivity index (χ2n) is 6.88. The van der Waals surface area contributed by atoms with Crippen molar-refractivity contribution in [2.75, 3.05) is 25.5 Å². The van der Waals surface area contributed by atoms with E-state index in [1.165, 1.54) is 24.1 Å². The molecule has 0 spiro atoms. The van der Waals surface area contributed by atoms with Crippen molar-refractivity contribution >= 4 is 50.0 Å². The predicted molar refractivity (Wildman–Crippen MR) is 111 cm³/mol. The minimum atomic E-state index is -0.0314. The molecule has 0 radical (unpaired) electrons. The van der Waals surface area contributed by atoms with E-state index in [0.717, 1.165) is 42.5 Å². The monoisotopic (exact) mass is 409 g/mol. The van der Waals surface area contributed by atoms with E-state index in [4.69, 9.17) is 4.74 Å². The van der Waals surface area contributed by atoms with Crippen molar-refractivity contribution in [2.45, 2.75) is 19.3 Å². The van der Waals surface area contributed by atoms with Gasteiger partial charge in [0, 0.05) is 24.5 Å². The normalized spacial score (nSPS) is 14.4. The fourth-order valence-electron chi connectivity index (χ4n) is 3.53. The molecule has 10 heteroatoms. The Hall–Kier alpha value is -3.27. The van der Waals surface area contributed by atoms with Gasteiger partial charge in [0.15, 0.2) is 10.8 Å². The molecule has 1 aromatic carbocycles. The van der Waals surface area contributed by atoms with E-state index in [2.05, 4.69) is 30.5 Å². The van der Waals surface area contributed by atoms with Gasteiger partial charge >= 0.3 is 0 Å². The molecule has 4 heterocycles. The van der Waals surface area contributed by atoms with Crippen LogP contribution in [-0.4, -0.2) is 56.2 Å². The SMILES string of the molecule is COc1cc2[nH]ncc2cc1Nc1ncnc2sc(C(=O)N3CCCCC3)nc12. The number of amides is 1. The molecule has 2 N–H and O–H groups in total. The lowest BCUT2D eigenvalue weighted by atomic mass is 10.1. The molecule has 0 atom stereocenters. The first-order valence-electron chi connectivity index (χ1n) is 9.42. The van der Waals surface area contributed by atoms with Crippen LogP contribution in [-0.2, 0) is 0 Å². The number of aromatic nitrogens is 5. The number of ether oxygens (including phenoxy) is 1. The first-order chi connectivity index (χ1) is 14.2. The summed E-state index contributed by atoms with van der Waals surface area (Å²) in [5.41, 5.74) is 2.19. The van der Waals surface area contributed by atoms with Gasteiger partial charge in [-0.25, -0.2) is 15.0 Å². The van der Waals surface area contributed by atoms with Crippen LogP contribution in [0.1, 0.15) is 29.1 Å². The van der Waals surface area contributed by atoms with Crippen LogP contribution in [0.25, 0.3) is 21.3 Å². The minimum absolute atomic E-state index is 0.0314. The van der Waals surface area contributed by atoms with Crippen molar-refractivity contribution in [3.8, 4) is 5.75 Å². The highest BCUT2D eigenvalue weighted by molar-refractivity contribution is 7.19.